The van der Waals surface area contributed by atoms with Crippen LogP contribution in [0.4, 0.5) is 4.39 Å². The van der Waals surface area contributed by atoms with Crippen molar-refractivity contribution in [3.63, 3.8) is 0 Å². The largest absolute Gasteiger partial charge is 0.211 e. The predicted molar refractivity (Wildman–Crippen MR) is 39.7 cm³/mol. The van der Waals surface area contributed by atoms with Crippen LogP contribution in [0.15, 0.2) is 22.9 Å². The fourth-order valence-electron chi connectivity index (χ4n) is 0.658. The van der Waals surface area contributed by atoms with Crippen LogP contribution < -0.4 is 0 Å². The molecule has 1 radical (unpaired) electrons. The zero-order chi connectivity index (χ0) is 6.69. The molecule has 0 fully saturated rings. The lowest BCUT2D eigenvalue weighted by atomic mass is 10.2. The molecule has 0 saturated heterocycles. The van der Waals surface area contributed by atoms with Crippen molar-refractivity contribution < 1.29 is 4.39 Å². The Bertz CT molecular complexity index is 158. The maximum atomic E-state index is 12.2. The molecule has 0 nitrogen and oxygen atoms in total. The van der Waals surface area contributed by atoms with Crippen LogP contribution in [0.2, 0.25) is 0 Å². The van der Waals surface area contributed by atoms with Crippen molar-refractivity contribution >= 4 is 11.8 Å². The highest BCUT2D eigenvalue weighted by atomic mass is 32.2. The minimum atomic E-state index is -0.118. The van der Waals surface area contributed by atoms with Gasteiger partial charge in [0.05, 0.1) is 0 Å². The monoisotopic (exact) mass is 143 g/mol. The SMILES string of the molecule is CSC1=CC=C(F)[CH]C1. The Labute approximate surface area is 58.8 Å². The van der Waals surface area contributed by atoms with Gasteiger partial charge in [-0.3, -0.25) is 0 Å². The maximum Gasteiger partial charge on any atom is 0.104 e. The van der Waals surface area contributed by atoms with Gasteiger partial charge in [-0.25, -0.2) is 4.39 Å². The summed E-state index contributed by atoms with van der Waals surface area (Å²) in [5.74, 6) is -0.118. The Morgan fingerprint density at radius 2 is 2.33 bits per heavy atom. The van der Waals surface area contributed by atoms with Crippen molar-refractivity contribution in [1.29, 1.82) is 0 Å². The summed E-state index contributed by atoms with van der Waals surface area (Å²) < 4.78 is 12.2. The summed E-state index contributed by atoms with van der Waals surface area (Å²) in [7, 11) is 0. The van der Waals surface area contributed by atoms with Gasteiger partial charge in [0.1, 0.15) is 5.83 Å². The number of rotatable bonds is 1. The molecule has 0 amide bonds. The highest BCUT2D eigenvalue weighted by Crippen LogP contribution is 2.24. The molecule has 49 valence electrons. The normalized spacial score (nSPS) is 18.9. The van der Waals surface area contributed by atoms with Crippen LogP contribution in [0, 0.1) is 6.42 Å². The number of halogens is 1. The summed E-state index contributed by atoms with van der Waals surface area (Å²) in [6.45, 7) is 0. The van der Waals surface area contributed by atoms with E-state index in [0.717, 1.165) is 6.42 Å². The molecule has 0 aromatic carbocycles. The number of thioether (sulfide) groups is 1. The quantitative estimate of drug-likeness (QED) is 0.544. The van der Waals surface area contributed by atoms with E-state index < -0.39 is 0 Å². The smallest absolute Gasteiger partial charge is 0.104 e. The van der Waals surface area contributed by atoms with Gasteiger partial charge in [0.2, 0.25) is 0 Å². The topological polar surface area (TPSA) is 0 Å². The average molecular weight is 143 g/mol. The first kappa shape index (κ1) is 6.87. The minimum Gasteiger partial charge on any atom is -0.211 e. The molecule has 0 aliphatic heterocycles. The molecule has 0 aromatic rings. The first-order valence-corrected chi connectivity index (χ1v) is 3.99. The molecule has 0 bridgehead atoms. The van der Waals surface area contributed by atoms with E-state index in [-0.39, 0.29) is 5.83 Å². The summed E-state index contributed by atoms with van der Waals surface area (Å²) >= 11 is 1.67. The zero-order valence-electron chi connectivity index (χ0n) is 5.23. The van der Waals surface area contributed by atoms with Gasteiger partial charge >= 0.3 is 0 Å². The van der Waals surface area contributed by atoms with Gasteiger partial charge in [-0.2, -0.15) is 0 Å². The van der Waals surface area contributed by atoms with E-state index in [0.29, 0.717) is 0 Å². The molecule has 1 rings (SSSR count). The molecule has 0 heterocycles. The molecule has 1 aliphatic rings. The molecule has 0 spiro atoms. The third kappa shape index (κ3) is 1.86. The maximum absolute atomic E-state index is 12.2. The van der Waals surface area contributed by atoms with Crippen molar-refractivity contribution in [2.75, 3.05) is 6.26 Å². The molecule has 0 unspecified atom stereocenters. The van der Waals surface area contributed by atoms with Gasteiger partial charge in [-0.1, -0.05) is 6.08 Å². The minimum absolute atomic E-state index is 0.118. The van der Waals surface area contributed by atoms with Crippen LogP contribution in [0.3, 0.4) is 0 Å². The second kappa shape index (κ2) is 3.06. The van der Waals surface area contributed by atoms with Gasteiger partial charge in [-0.05, 0) is 23.7 Å². The standard InChI is InChI=1S/C7H8FS/c1-9-7-4-2-6(8)3-5-7/h2-4H,5H2,1H3. The fraction of sp³-hybridized carbons (Fsp3) is 0.286. The number of hydrogen-bond acceptors (Lipinski definition) is 1. The van der Waals surface area contributed by atoms with Crippen molar-refractivity contribution in [1.82, 2.24) is 0 Å². The summed E-state index contributed by atoms with van der Waals surface area (Å²) in [6.07, 6.45) is 7.65. The second-order valence-electron chi connectivity index (χ2n) is 1.80. The van der Waals surface area contributed by atoms with Crippen LogP contribution in [-0.4, -0.2) is 6.26 Å². The lowest BCUT2D eigenvalue weighted by molar-refractivity contribution is 0.640. The van der Waals surface area contributed by atoms with E-state index in [1.165, 1.54) is 11.0 Å². The summed E-state index contributed by atoms with van der Waals surface area (Å²) in [6, 6.07) is 0. The first-order chi connectivity index (χ1) is 4.33. The predicted octanol–water partition coefficient (Wildman–Crippen LogP) is 2.69. The fourth-order valence-corrected chi connectivity index (χ4v) is 1.11. The zero-order valence-corrected chi connectivity index (χ0v) is 6.04. The van der Waals surface area contributed by atoms with E-state index >= 15 is 0 Å². The van der Waals surface area contributed by atoms with E-state index in [2.05, 4.69) is 0 Å². The summed E-state index contributed by atoms with van der Waals surface area (Å²) in [5, 5.41) is 0. The lowest BCUT2D eigenvalue weighted by Gasteiger charge is -2.05. The molecular formula is C7H8FS. The Morgan fingerprint density at radius 3 is 2.78 bits per heavy atom. The lowest BCUT2D eigenvalue weighted by Crippen LogP contribution is -1.85. The highest BCUT2D eigenvalue weighted by molar-refractivity contribution is 8.02. The van der Waals surface area contributed by atoms with Crippen LogP contribution in [-0.2, 0) is 0 Å². The van der Waals surface area contributed by atoms with Crippen molar-refractivity contribution in [3.05, 3.63) is 29.3 Å². The van der Waals surface area contributed by atoms with Crippen LogP contribution in [0.1, 0.15) is 6.42 Å². The van der Waals surface area contributed by atoms with E-state index in [1.807, 2.05) is 12.3 Å². The first-order valence-electron chi connectivity index (χ1n) is 2.76. The molecule has 2 heteroatoms. The molecule has 9 heavy (non-hydrogen) atoms. The van der Waals surface area contributed by atoms with Gasteiger partial charge in [0.15, 0.2) is 0 Å². The summed E-state index contributed by atoms with van der Waals surface area (Å²) in [4.78, 5) is 1.22. The molecule has 0 atom stereocenters. The Kier molecular flexibility index (Phi) is 2.34. The highest BCUT2D eigenvalue weighted by Gasteiger charge is 2.03. The second-order valence-corrected chi connectivity index (χ2v) is 2.73. The molecule has 0 aromatic heterocycles. The Morgan fingerprint density at radius 1 is 1.56 bits per heavy atom. The molecule has 0 N–H and O–H groups in total. The van der Waals surface area contributed by atoms with Crippen molar-refractivity contribution in [2.24, 2.45) is 0 Å². The Balaban J connectivity index is 2.59. The van der Waals surface area contributed by atoms with E-state index in [1.54, 1.807) is 18.2 Å². The van der Waals surface area contributed by atoms with Crippen molar-refractivity contribution in [3.8, 4) is 0 Å². The van der Waals surface area contributed by atoms with E-state index in [9.17, 15) is 4.39 Å². The third-order valence-electron chi connectivity index (χ3n) is 1.19. The van der Waals surface area contributed by atoms with Crippen LogP contribution >= 0.6 is 11.8 Å². The third-order valence-corrected chi connectivity index (χ3v) is 2.02. The van der Waals surface area contributed by atoms with Crippen molar-refractivity contribution in [2.45, 2.75) is 6.42 Å². The number of allylic oxidation sites excluding steroid dienone is 4. The van der Waals surface area contributed by atoms with Gasteiger partial charge < -0.3 is 0 Å². The van der Waals surface area contributed by atoms with Crippen LogP contribution in [0.25, 0.3) is 0 Å². The molecule has 1 aliphatic carbocycles. The summed E-state index contributed by atoms with van der Waals surface area (Å²) in [5.41, 5.74) is 0. The molecule has 0 saturated carbocycles. The molecular weight excluding hydrogens is 135 g/mol. The van der Waals surface area contributed by atoms with E-state index in [4.69, 9.17) is 0 Å². The van der Waals surface area contributed by atoms with Gasteiger partial charge in [0.25, 0.3) is 0 Å². The van der Waals surface area contributed by atoms with Gasteiger partial charge in [-0.15, -0.1) is 11.8 Å². The Hall–Kier alpha value is -0.240. The van der Waals surface area contributed by atoms with Gasteiger partial charge in [0, 0.05) is 6.42 Å². The average Bonchev–Trinajstić information content (AvgIpc) is 1.90. The number of hydrogen-bond donors (Lipinski definition) is 0. The van der Waals surface area contributed by atoms with Crippen LogP contribution in [0.5, 0.6) is 0 Å².